The maximum atomic E-state index is 12.1. The summed E-state index contributed by atoms with van der Waals surface area (Å²) in [5.74, 6) is 0. The van der Waals surface area contributed by atoms with E-state index in [1.807, 2.05) is 13.2 Å². The van der Waals surface area contributed by atoms with Crippen LogP contribution in [0.4, 0.5) is 5.69 Å². The second kappa shape index (κ2) is 5.94. The van der Waals surface area contributed by atoms with Gasteiger partial charge < -0.3 is 5.73 Å². The Morgan fingerprint density at radius 2 is 2.20 bits per heavy atom. The Balaban J connectivity index is 2.04. The highest BCUT2D eigenvalue weighted by molar-refractivity contribution is 9.10. The van der Waals surface area contributed by atoms with Crippen LogP contribution in [-0.4, -0.2) is 24.7 Å². The monoisotopic (exact) mass is 358 g/mol. The van der Waals surface area contributed by atoms with E-state index < -0.39 is 10.0 Å². The number of halogens is 1. The molecule has 1 heterocycles. The Morgan fingerprint density at radius 3 is 2.80 bits per heavy atom. The van der Waals surface area contributed by atoms with Crippen molar-refractivity contribution in [1.82, 2.24) is 14.5 Å². The van der Waals surface area contributed by atoms with E-state index in [9.17, 15) is 8.42 Å². The first-order valence-electron chi connectivity index (χ1n) is 5.91. The summed E-state index contributed by atoms with van der Waals surface area (Å²) in [6.07, 6.45) is 4.13. The fourth-order valence-electron chi connectivity index (χ4n) is 1.77. The van der Waals surface area contributed by atoms with Gasteiger partial charge in [-0.3, -0.25) is 4.68 Å². The molecule has 0 bridgehead atoms. The van der Waals surface area contributed by atoms with Crippen LogP contribution in [0.2, 0.25) is 0 Å². The van der Waals surface area contributed by atoms with Gasteiger partial charge in [0.05, 0.1) is 11.9 Å². The summed E-state index contributed by atoms with van der Waals surface area (Å²) in [6.45, 7) is 0.295. The SMILES string of the molecule is Cn1cc(CCNS(=O)(=O)c2ccc(Br)cc2N)cn1. The summed E-state index contributed by atoms with van der Waals surface area (Å²) >= 11 is 3.24. The van der Waals surface area contributed by atoms with Crippen LogP contribution in [-0.2, 0) is 23.5 Å². The lowest BCUT2D eigenvalue weighted by molar-refractivity contribution is 0.582. The van der Waals surface area contributed by atoms with E-state index in [1.165, 1.54) is 6.07 Å². The standard InChI is InChI=1S/C12H15BrN4O2S/c1-17-8-9(7-15-17)4-5-16-20(18,19)12-3-2-10(13)6-11(12)14/h2-3,6-8,16H,4-5,14H2,1H3. The van der Waals surface area contributed by atoms with Crippen LogP contribution in [0.1, 0.15) is 5.56 Å². The van der Waals surface area contributed by atoms with E-state index in [2.05, 4.69) is 25.8 Å². The third-order valence-corrected chi connectivity index (χ3v) is 4.75. The van der Waals surface area contributed by atoms with Gasteiger partial charge in [0.1, 0.15) is 4.90 Å². The van der Waals surface area contributed by atoms with Crippen molar-refractivity contribution in [1.29, 1.82) is 0 Å². The fraction of sp³-hybridized carbons (Fsp3) is 0.250. The lowest BCUT2D eigenvalue weighted by Gasteiger charge is -2.08. The Bertz CT molecular complexity index is 712. The van der Waals surface area contributed by atoms with Gasteiger partial charge in [-0.05, 0) is 30.2 Å². The Labute approximate surface area is 126 Å². The zero-order chi connectivity index (χ0) is 14.8. The van der Waals surface area contributed by atoms with E-state index in [0.29, 0.717) is 13.0 Å². The van der Waals surface area contributed by atoms with Gasteiger partial charge in [0.15, 0.2) is 0 Å². The molecule has 0 atom stereocenters. The van der Waals surface area contributed by atoms with Crippen LogP contribution in [0.3, 0.4) is 0 Å². The first kappa shape index (κ1) is 15.0. The molecule has 0 unspecified atom stereocenters. The molecule has 2 aromatic rings. The molecule has 1 aromatic heterocycles. The highest BCUT2D eigenvalue weighted by atomic mass is 79.9. The highest BCUT2D eigenvalue weighted by Gasteiger charge is 2.16. The lowest BCUT2D eigenvalue weighted by atomic mass is 10.3. The summed E-state index contributed by atoms with van der Waals surface area (Å²) in [5, 5.41) is 4.03. The number of nitrogen functional groups attached to an aromatic ring is 1. The molecule has 8 heteroatoms. The van der Waals surface area contributed by atoms with Crippen LogP contribution in [0, 0.1) is 0 Å². The predicted molar refractivity (Wildman–Crippen MR) is 80.7 cm³/mol. The van der Waals surface area contributed by atoms with Crippen LogP contribution in [0.15, 0.2) is 40.0 Å². The molecule has 0 aliphatic carbocycles. The molecule has 0 amide bonds. The number of aryl methyl sites for hydroxylation is 1. The third-order valence-electron chi connectivity index (χ3n) is 2.73. The van der Waals surface area contributed by atoms with Crippen molar-refractivity contribution in [3.63, 3.8) is 0 Å². The van der Waals surface area contributed by atoms with Gasteiger partial charge in [0, 0.05) is 24.3 Å². The van der Waals surface area contributed by atoms with Crippen LogP contribution >= 0.6 is 15.9 Å². The van der Waals surface area contributed by atoms with Gasteiger partial charge >= 0.3 is 0 Å². The molecule has 108 valence electrons. The Hall–Kier alpha value is -1.38. The molecule has 0 saturated heterocycles. The number of benzene rings is 1. The quantitative estimate of drug-likeness (QED) is 0.787. The molecule has 1 aromatic carbocycles. The number of rotatable bonds is 5. The van der Waals surface area contributed by atoms with E-state index in [1.54, 1.807) is 23.0 Å². The maximum Gasteiger partial charge on any atom is 0.242 e. The van der Waals surface area contributed by atoms with Crippen molar-refractivity contribution in [2.75, 3.05) is 12.3 Å². The molecule has 20 heavy (non-hydrogen) atoms. The number of hydrogen-bond acceptors (Lipinski definition) is 4. The number of hydrogen-bond donors (Lipinski definition) is 2. The molecular formula is C12H15BrN4O2S. The zero-order valence-electron chi connectivity index (χ0n) is 10.9. The van der Waals surface area contributed by atoms with Gasteiger partial charge in [-0.15, -0.1) is 0 Å². The van der Waals surface area contributed by atoms with Crippen LogP contribution in [0.25, 0.3) is 0 Å². The van der Waals surface area contributed by atoms with Crippen molar-refractivity contribution in [3.05, 3.63) is 40.6 Å². The van der Waals surface area contributed by atoms with Gasteiger partial charge in [0.2, 0.25) is 10.0 Å². The van der Waals surface area contributed by atoms with E-state index in [4.69, 9.17) is 5.73 Å². The van der Waals surface area contributed by atoms with Crippen LogP contribution in [0.5, 0.6) is 0 Å². The van der Waals surface area contributed by atoms with E-state index in [0.717, 1.165) is 10.0 Å². The van der Waals surface area contributed by atoms with Crippen molar-refractivity contribution >= 4 is 31.6 Å². The van der Waals surface area contributed by atoms with Crippen molar-refractivity contribution in [3.8, 4) is 0 Å². The van der Waals surface area contributed by atoms with Crippen molar-refractivity contribution in [2.24, 2.45) is 7.05 Å². The van der Waals surface area contributed by atoms with E-state index >= 15 is 0 Å². The summed E-state index contributed by atoms with van der Waals surface area (Å²) in [4.78, 5) is 0.0897. The van der Waals surface area contributed by atoms with Crippen molar-refractivity contribution < 1.29 is 8.42 Å². The van der Waals surface area contributed by atoms with Gasteiger partial charge in [-0.1, -0.05) is 15.9 Å². The fourth-order valence-corrected chi connectivity index (χ4v) is 3.29. The second-order valence-corrected chi connectivity index (χ2v) is 7.00. The molecule has 0 radical (unpaired) electrons. The molecule has 0 spiro atoms. The number of nitrogens with zero attached hydrogens (tertiary/aromatic N) is 2. The Morgan fingerprint density at radius 1 is 1.45 bits per heavy atom. The average molecular weight is 359 g/mol. The number of aromatic nitrogens is 2. The summed E-state index contributed by atoms with van der Waals surface area (Å²) < 4.78 is 29.2. The van der Waals surface area contributed by atoms with Gasteiger partial charge in [-0.2, -0.15) is 5.10 Å². The lowest BCUT2D eigenvalue weighted by Crippen LogP contribution is -2.26. The number of anilines is 1. The summed E-state index contributed by atoms with van der Waals surface area (Å²) in [6, 6.07) is 4.69. The first-order chi connectivity index (χ1) is 9.38. The molecular weight excluding hydrogens is 344 g/mol. The topological polar surface area (TPSA) is 90.0 Å². The van der Waals surface area contributed by atoms with E-state index in [-0.39, 0.29) is 10.6 Å². The number of nitrogens with one attached hydrogen (secondary N) is 1. The third kappa shape index (κ3) is 3.59. The zero-order valence-corrected chi connectivity index (χ0v) is 13.3. The smallest absolute Gasteiger partial charge is 0.242 e. The largest absolute Gasteiger partial charge is 0.398 e. The maximum absolute atomic E-state index is 12.1. The highest BCUT2D eigenvalue weighted by Crippen LogP contribution is 2.22. The predicted octanol–water partition coefficient (Wildman–Crippen LogP) is 1.29. The molecule has 0 aliphatic rings. The first-order valence-corrected chi connectivity index (χ1v) is 8.18. The minimum atomic E-state index is -3.59. The minimum absolute atomic E-state index is 0.0897. The minimum Gasteiger partial charge on any atom is -0.398 e. The Kier molecular flexibility index (Phi) is 4.46. The number of sulfonamides is 1. The molecule has 3 N–H and O–H groups in total. The summed E-state index contributed by atoms with van der Waals surface area (Å²) in [5.41, 5.74) is 6.92. The molecule has 0 fully saturated rings. The van der Waals surface area contributed by atoms with Crippen molar-refractivity contribution in [2.45, 2.75) is 11.3 Å². The molecule has 0 aliphatic heterocycles. The van der Waals surface area contributed by atoms with Gasteiger partial charge in [0.25, 0.3) is 0 Å². The summed E-state index contributed by atoms with van der Waals surface area (Å²) in [7, 11) is -1.78. The number of nitrogens with two attached hydrogens (primary N) is 1. The average Bonchev–Trinajstić information content (AvgIpc) is 2.74. The molecule has 6 nitrogen and oxygen atoms in total. The second-order valence-electron chi connectivity index (χ2n) is 4.35. The van der Waals surface area contributed by atoms with Crippen LogP contribution < -0.4 is 10.5 Å². The van der Waals surface area contributed by atoms with Gasteiger partial charge in [-0.25, -0.2) is 13.1 Å². The molecule has 0 saturated carbocycles. The normalized spacial score (nSPS) is 11.7. The molecule has 2 rings (SSSR count).